The molecule has 1 atom stereocenters. The highest BCUT2D eigenvalue weighted by Crippen LogP contribution is 2.21. The lowest BCUT2D eigenvalue weighted by atomic mass is 9.98. The second-order valence-electron chi connectivity index (χ2n) is 4.99. The molecule has 1 aliphatic rings. The number of nitrogens with zero attached hydrogens (tertiary/aromatic N) is 3. The average Bonchev–Trinajstić information content (AvgIpc) is 2.87. The summed E-state index contributed by atoms with van der Waals surface area (Å²) in [5, 5.41) is 11.6. The zero-order valence-electron chi connectivity index (χ0n) is 11.4. The van der Waals surface area contributed by atoms with Gasteiger partial charge in [0.15, 0.2) is 0 Å². The Hall–Kier alpha value is -1.56. The number of anilines is 1. The van der Waals surface area contributed by atoms with Gasteiger partial charge in [0.25, 0.3) is 0 Å². The number of carboxylic acids is 1. The molecule has 0 saturated carbocycles. The van der Waals surface area contributed by atoms with Crippen molar-refractivity contribution >= 4 is 11.9 Å². The van der Waals surface area contributed by atoms with Crippen molar-refractivity contribution in [2.45, 2.75) is 26.3 Å². The Morgan fingerprint density at radius 3 is 3.21 bits per heavy atom. The molecule has 6 nitrogen and oxygen atoms in total. The van der Waals surface area contributed by atoms with Gasteiger partial charge in [-0.15, -0.1) is 0 Å². The van der Waals surface area contributed by atoms with E-state index >= 15 is 0 Å². The molecule has 0 amide bonds. The van der Waals surface area contributed by atoms with Crippen LogP contribution in [0.15, 0.2) is 12.4 Å². The molecule has 1 aliphatic heterocycles. The third kappa shape index (κ3) is 3.70. The topological polar surface area (TPSA) is 70.4 Å². The Morgan fingerprint density at radius 1 is 1.63 bits per heavy atom. The molecule has 0 bridgehead atoms. The van der Waals surface area contributed by atoms with Crippen LogP contribution in [-0.4, -0.2) is 46.8 Å². The van der Waals surface area contributed by atoms with Crippen molar-refractivity contribution in [1.29, 1.82) is 0 Å². The molecule has 0 aliphatic carbocycles. The monoisotopic (exact) mass is 266 g/mol. The molecule has 1 unspecified atom stereocenters. The maximum Gasteiger partial charge on any atom is 0.317 e. The molecule has 1 aromatic rings. The van der Waals surface area contributed by atoms with Crippen molar-refractivity contribution in [3.63, 3.8) is 0 Å². The summed E-state index contributed by atoms with van der Waals surface area (Å²) in [4.78, 5) is 17.2. The lowest BCUT2D eigenvalue weighted by Gasteiger charge is -2.33. The molecule has 2 heterocycles. The highest BCUT2D eigenvalue weighted by atomic mass is 16.4. The second-order valence-corrected chi connectivity index (χ2v) is 4.99. The summed E-state index contributed by atoms with van der Waals surface area (Å²) in [5.74, 6) is 0.731. The highest BCUT2D eigenvalue weighted by molar-refractivity contribution is 5.68. The van der Waals surface area contributed by atoms with Crippen LogP contribution in [0.3, 0.4) is 0 Å². The number of aromatic nitrogens is 2. The van der Waals surface area contributed by atoms with Crippen LogP contribution in [0.1, 0.15) is 19.8 Å². The zero-order valence-corrected chi connectivity index (χ0v) is 11.4. The van der Waals surface area contributed by atoms with Crippen LogP contribution in [0.25, 0.3) is 0 Å². The van der Waals surface area contributed by atoms with Crippen molar-refractivity contribution in [2.75, 3.05) is 31.1 Å². The fourth-order valence-corrected chi connectivity index (χ4v) is 2.63. The van der Waals surface area contributed by atoms with Crippen molar-refractivity contribution < 1.29 is 9.90 Å². The van der Waals surface area contributed by atoms with Gasteiger partial charge in [-0.25, -0.2) is 4.98 Å². The average molecular weight is 266 g/mol. The third-order valence-corrected chi connectivity index (χ3v) is 3.55. The van der Waals surface area contributed by atoms with Crippen LogP contribution in [-0.2, 0) is 11.3 Å². The molecule has 1 aromatic heterocycles. The van der Waals surface area contributed by atoms with Gasteiger partial charge in [-0.2, -0.15) is 0 Å². The van der Waals surface area contributed by atoms with Crippen LogP contribution in [0.5, 0.6) is 0 Å². The van der Waals surface area contributed by atoms with Crippen LogP contribution in [0, 0.1) is 5.92 Å². The van der Waals surface area contributed by atoms with E-state index in [2.05, 4.69) is 26.7 Å². The minimum atomic E-state index is -0.797. The first-order chi connectivity index (χ1) is 9.20. The number of hydrogen-bond donors (Lipinski definition) is 2. The van der Waals surface area contributed by atoms with E-state index in [9.17, 15) is 4.79 Å². The van der Waals surface area contributed by atoms with E-state index in [4.69, 9.17) is 5.11 Å². The molecule has 0 radical (unpaired) electrons. The Balaban J connectivity index is 1.88. The highest BCUT2D eigenvalue weighted by Gasteiger charge is 2.22. The molecule has 2 rings (SSSR count). The van der Waals surface area contributed by atoms with E-state index < -0.39 is 5.97 Å². The Kier molecular flexibility index (Phi) is 4.79. The number of aliphatic carboxylic acids is 1. The van der Waals surface area contributed by atoms with Gasteiger partial charge in [0.2, 0.25) is 5.95 Å². The van der Waals surface area contributed by atoms with E-state index in [0.717, 1.165) is 45.0 Å². The molecule has 2 N–H and O–H groups in total. The molecule has 1 saturated heterocycles. The summed E-state index contributed by atoms with van der Waals surface area (Å²) in [6.07, 6.45) is 6.12. The van der Waals surface area contributed by atoms with Gasteiger partial charge in [-0.1, -0.05) is 0 Å². The normalized spacial score (nSPS) is 19.6. The van der Waals surface area contributed by atoms with Gasteiger partial charge in [0, 0.05) is 38.6 Å². The van der Waals surface area contributed by atoms with Crippen molar-refractivity contribution in [3.05, 3.63) is 12.4 Å². The van der Waals surface area contributed by atoms with Crippen molar-refractivity contribution in [1.82, 2.24) is 14.9 Å². The fourth-order valence-electron chi connectivity index (χ4n) is 2.63. The minimum Gasteiger partial charge on any atom is -0.480 e. The van der Waals surface area contributed by atoms with Gasteiger partial charge in [-0.05, 0) is 25.7 Å². The summed E-state index contributed by atoms with van der Waals surface area (Å²) in [7, 11) is 0. The molecule has 19 heavy (non-hydrogen) atoms. The number of nitrogens with one attached hydrogen (secondary N) is 1. The molecular weight excluding hydrogens is 244 g/mol. The summed E-state index contributed by atoms with van der Waals surface area (Å²) in [6.45, 7) is 5.82. The number of imidazole rings is 1. The number of aryl methyl sites for hydroxylation is 1. The van der Waals surface area contributed by atoms with E-state index in [1.165, 1.54) is 0 Å². The summed E-state index contributed by atoms with van der Waals surface area (Å²) >= 11 is 0. The first kappa shape index (κ1) is 13.9. The van der Waals surface area contributed by atoms with Crippen molar-refractivity contribution in [2.24, 2.45) is 5.92 Å². The molecule has 1 fully saturated rings. The standard InChI is InChI=1S/C13H22N4O2/c1-2-16-7-5-15-13(16)17-6-3-4-11(10-17)8-14-9-12(18)19/h5,7,11,14H,2-4,6,8-10H2,1H3,(H,18,19). The van der Waals surface area contributed by atoms with E-state index in [1.54, 1.807) is 0 Å². The zero-order chi connectivity index (χ0) is 13.7. The number of carboxylic acid groups (broad SMARTS) is 1. The number of rotatable bonds is 6. The number of carbonyl (C=O) groups is 1. The maximum absolute atomic E-state index is 10.5. The van der Waals surface area contributed by atoms with Crippen LogP contribution >= 0.6 is 0 Å². The second kappa shape index (κ2) is 6.56. The van der Waals surface area contributed by atoms with Gasteiger partial charge in [-0.3, -0.25) is 4.79 Å². The Labute approximate surface area is 113 Å². The molecule has 0 spiro atoms. The number of hydrogen-bond acceptors (Lipinski definition) is 4. The summed E-state index contributed by atoms with van der Waals surface area (Å²) < 4.78 is 2.15. The third-order valence-electron chi connectivity index (χ3n) is 3.55. The van der Waals surface area contributed by atoms with Crippen LogP contribution < -0.4 is 10.2 Å². The lowest BCUT2D eigenvalue weighted by molar-refractivity contribution is -0.136. The molecule has 106 valence electrons. The Bertz CT molecular complexity index is 419. The predicted octanol–water partition coefficient (Wildman–Crippen LogP) is 0.794. The smallest absolute Gasteiger partial charge is 0.317 e. The van der Waals surface area contributed by atoms with Crippen molar-refractivity contribution in [3.8, 4) is 0 Å². The van der Waals surface area contributed by atoms with Gasteiger partial charge in [0.1, 0.15) is 0 Å². The van der Waals surface area contributed by atoms with Gasteiger partial charge >= 0.3 is 5.97 Å². The van der Waals surface area contributed by atoms with E-state index in [1.807, 2.05) is 12.4 Å². The molecule has 0 aromatic carbocycles. The summed E-state index contributed by atoms with van der Waals surface area (Å²) in [5.41, 5.74) is 0. The van der Waals surface area contributed by atoms with Gasteiger partial charge < -0.3 is 19.9 Å². The fraction of sp³-hybridized carbons (Fsp3) is 0.692. The predicted molar refractivity (Wildman–Crippen MR) is 73.3 cm³/mol. The first-order valence-electron chi connectivity index (χ1n) is 6.89. The largest absolute Gasteiger partial charge is 0.480 e. The summed E-state index contributed by atoms with van der Waals surface area (Å²) in [6, 6.07) is 0. The van der Waals surface area contributed by atoms with Crippen LogP contribution in [0.2, 0.25) is 0 Å². The number of piperidine rings is 1. The minimum absolute atomic E-state index is 0.0418. The maximum atomic E-state index is 10.5. The van der Waals surface area contributed by atoms with Gasteiger partial charge in [0.05, 0.1) is 6.54 Å². The first-order valence-corrected chi connectivity index (χ1v) is 6.89. The van der Waals surface area contributed by atoms with E-state index in [0.29, 0.717) is 5.92 Å². The molecule has 6 heteroatoms. The lowest BCUT2D eigenvalue weighted by Crippen LogP contribution is -2.41. The SMILES string of the molecule is CCn1ccnc1N1CCCC(CNCC(=O)O)C1. The van der Waals surface area contributed by atoms with E-state index in [-0.39, 0.29) is 6.54 Å². The Morgan fingerprint density at radius 2 is 2.47 bits per heavy atom. The quantitative estimate of drug-likeness (QED) is 0.797. The van der Waals surface area contributed by atoms with Crippen LogP contribution in [0.4, 0.5) is 5.95 Å². The molecular formula is C13H22N4O2.